The van der Waals surface area contributed by atoms with Gasteiger partial charge in [-0.05, 0) is 40.5 Å². The summed E-state index contributed by atoms with van der Waals surface area (Å²) in [6.07, 6.45) is 0. The van der Waals surface area contributed by atoms with Gasteiger partial charge in [-0.3, -0.25) is 4.79 Å². The van der Waals surface area contributed by atoms with Crippen molar-refractivity contribution in [1.82, 2.24) is 4.90 Å². The van der Waals surface area contributed by atoms with Crippen LogP contribution in [0.4, 0.5) is 5.69 Å². The largest absolute Gasteiger partial charge is 0.375 e. The highest BCUT2D eigenvalue weighted by atomic mass is 79.9. The summed E-state index contributed by atoms with van der Waals surface area (Å²) in [5.74, 6) is 0.0578. The van der Waals surface area contributed by atoms with E-state index < -0.39 is 0 Å². The van der Waals surface area contributed by atoms with Crippen LogP contribution in [-0.2, 0) is 4.79 Å². The van der Waals surface area contributed by atoms with Gasteiger partial charge in [0.2, 0.25) is 5.91 Å². The molecule has 0 heterocycles. The van der Waals surface area contributed by atoms with E-state index in [-0.39, 0.29) is 5.91 Å². The third-order valence-corrected chi connectivity index (χ3v) is 2.71. The van der Waals surface area contributed by atoms with E-state index in [4.69, 9.17) is 0 Å². The Bertz CT molecular complexity index is 364. The molecule has 4 heteroatoms. The smallest absolute Gasteiger partial charge is 0.241 e. The van der Waals surface area contributed by atoms with Gasteiger partial charge in [-0.15, -0.1) is 0 Å². The van der Waals surface area contributed by atoms with Gasteiger partial charge < -0.3 is 10.2 Å². The van der Waals surface area contributed by atoms with Crippen LogP contribution in [0.25, 0.3) is 0 Å². The van der Waals surface area contributed by atoms with Crippen LogP contribution in [-0.4, -0.2) is 31.4 Å². The second-order valence-corrected chi connectivity index (χ2v) is 4.48. The number of hydrogen-bond donors (Lipinski definition) is 1. The molecule has 0 saturated carbocycles. The number of anilines is 1. The molecule has 1 amide bonds. The van der Waals surface area contributed by atoms with Gasteiger partial charge in [0.1, 0.15) is 0 Å². The van der Waals surface area contributed by atoms with E-state index in [0.717, 1.165) is 10.2 Å². The zero-order chi connectivity index (χ0) is 11.4. The van der Waals surface area contributed by atoms with Crippen molar-refractivity contribution in [3.63, 3.8) is 0 Å². The topological polar surface area (TPSA) is 32.3 Å². The first kappa shape index (κ1) is 12.0. The second-order valence-electron chi connectivity index (χ2n) is 3.63. The normalized spacial score (nSPS) is 9.87. The zero-order valence-electron chi connectivity index (χ0n) is 9.17. The molecular formula is C11H15BrN2O. The van der Waals surface area contributed by atoms with Gasteiger partial charge >= 0.3 is 0 Å². The third-order valence-electron chi connectivity index (χ3n) is 2.05. The molecule has 0 radical (unpaired) electrons. The molecule has 0 aliphatic rings. The summed E-state index contributed by atoms with van der Waals surface area (Å²) >= 11 is 3.45. The van der Waals surface area contributed by atoms with E-state index in [1.807, 2.05) is 25.1 Å². The average Bonchev–Trinajstić information content (AvgIpc) is 2.15. The molecular weight excluding hydrogens is 256 g/mol. The van der Waals surface area contributed by atoms with Crippen LogP contribution in [0.2, 0.25) is 0 Å². The Morgan fingerprint density at radius 2 is 2.13 bits per heavy atom. The molecule has 1 N–H and O–H groups in total. The molecule has 0 bridgehead atoms. The maximum Gasteiger partial charge on any atom is 0.241 e. The number of aryl methyl sites for hydroxylation is 1. The number of hydrogen-bond acceptors (Lipinski definition) is 2. The van der Waals surface area contributed by atoms with Crippen molar-refractivity contribution in [3.8, 4) is 0 Å². The second kappa shape index (κ2) is 5.16. The number of benzene rings is 1. The van der Waals surface area contributed by atoms with E-state index in [1.165, 1.54) is 5.56 Å². The molecule has 3 nitrogen and oxygen atoms in total. The Labute approximate surface area is 98.6 Å². The number of carbonyl (C=O) groups excluding carboxylic acids is 1. The van der Waals surface area contributed by atoms with Crippen LogP contribution in [0.3, 0.4) is 0 Å². The van der Waals surface area contributed by atoms with E-state index in [0.29, 0.717) is 6.54 Å². The molecule has 0 saturated heterocycles. The standard InChI is InChI=1S/C11H15BrN2O/c1-8-4-5-10(9(12)6-8)13-7-11(15)14(2)3/h4-6,13H,7H2,1-3H3. The molecule has 0 aliphatic heterocycles. The van der Waals surface area contributed by atoms with Gasteiger partial charge in [0.25, 0.3) is 0 Å². The van der Waals surface area contributed by atoms with Crippen molar-refractivity contribution in [3.05, 3.63) is 28.2 Å². The van der Waals surface area contributed by atoms with Gasteiger partial charge in [0.05, 0.1) is 6.54 Å². The Morgan fingerprint density at radius 1 is 1.47 bits per heavy atom. The SMILES string of the molecule is Cc1ccc(NCC(=O)N(C)C)c(Br)c1. The van der Waals surface area contributed by atoms with Gasteiger partial charge in [0.15, 0.2) is 0 Å². The molecule has 1 aromatic carbocycles. The van der Waals surface area contributed by atoms with Crippen molar-refractivity contribution in [2.24, 2.45) is 0 Å². The molecule has 1 aromatic rings. The molecule has 0 atom stereocenters. The lowest BCUT2D eigenvalue weighted by Crippen LogP contribution is -2.28. The monoisotopic (exact) mass is 270 g/mol. The molecule has 0 aliphatic carbocycles. The maximum atomic E-state index is 11.3. The van der Waals surface area contributed by atoms with E-state index >= 15 is 0 Å². The molecule has 1 rings (SSSR count). The zero-order valence-corrected chi connectivity index (χ0v) is 10.8. The maximum absolute atomic E-state index is 11.3. The molecule has 82 valence electrons. The lowest BCUT2D eigenvalue weighted by atomic mass is 10.2. The fraction of sp³-hybridized carbons (Fsp3) is 0.364. The minimum absolute atomic E-state index is 0.0578. The summed E-state index contributed by atoms with van der Waals surface area (Å²) in [7, 11) is 3.49. The van der Waals surface area contributed by atoms with E-state index in [2.05, 4.69) is 21.2 Å². The van der Waals surface area contributed by atoms with Gasteiger partial charge in [-0.25, -0.2) is 0 Å². The van der Waals surface area contributed by atoms with Crippen molar-refractivity contribution in [1.29, 1.82) is 0 Å². The highest BCUT2D eigenvalue weighted by Gasteiger charge is 2.04. The van der Waals surface area contributed by atoms with Gasteiger partial charge in [0, 0.05) is 24.3 Å². The highest BCUT2D eigenvalue weighted by molar-refractivity contribution is 9.10. The van der Waals surface area contributed by atoms with Crippen LogP contribution in [0, 0.1) is 6.92 Å². The van der Waals surface area contributed by atoms with Crippen LogP contribution in [0.5, 0.6) is 0 Å². The summed E-state index contributed by atoms with van der Waals surface area (Å²) < 4.78 is 0.981. The minimum atomic E-state index is 0.0578. The number of halogens is 1. The number of likely N-dealkylation sites (N-methyl/N-ethyl adjacent to an activating group) is 1. The summed E-state index contributed by atoms with van der Waals surface area (Å²) in [5.41, 5.74) is 2.13. The van der Waals surface area contributed by atoms with Crippen LogP contribution < -0.4 is 5.32 Å². The van der Waals surface area contributed by atoms with Crippen LogP contribution in [0.1, 0.15) is 5.56 Å². The summed E-state index contributed by atoms with van der Waals surface area (Å²) in [6, 6.07) is 5.98. The first-order valence-corrected chi connectivity index (χ1v) is 5.50. The average molecular weight is 271 g/mol. The third kappa shape index (κ3) is 3.55. The fourth-order valence-corrected chi connectivity index (χ4v) is 1.73. The lowest BCUT2D eigenvalue weighted by Gasteiger charge is -2.12. The minimum Gasteiger partial charge on any atom is -0.375 e. The Hall–Kier alpha value is -1.03. The highest BCUT2D eigenvalue weighted by Crippen LogP contribution is 2.22. The summed E-state index contributed by atoms with van der Waals surface area (Å²) in [5, 5.41) is 3.08. The van der Waals surface area contributed by atoms with E-state index in [9.17, 15) is 4.79 Å². The number of nitrogens with one attached hydrogen (secondary N) is 1. The first-order chi connectivity index (χ1) is 7.00. The Morgan fingerprint density at radius 3 is 2.67 bits per heavy atom. The predicted octanol–water partition coefficient (Wildman–Crippen LogP) is 2.26. The quantitative estimate of drug-likeness (QED) is 0.914. The van der Waals surface area contributed by atoms with Crippen molar-refractivity contribution >= 4 is 27.5 Å². The molecule has 0 fully saturated rings. The number of rotatable bonds is 3. The van der Waals surface area contributed by atoms with Crippen LogP contribution >= 0.6 is 15.9 Å². The lowest BCUT2D eigenvalue weighted by molar-refractivity contribution is -0.126. The van der Waals surface area contributed by atoms with Crippen LogP contribution in [0.15, 0.2) is 22.7 Å². The fourth-order valence-electron chi connectivity index (χ4n) is 1.09. The Balaban J connectivity index is 2.62. The number of nitrogens with zero attached hydrogens (tertiary/aromatic N) is 1. The van der Waals surface area contributed by atoms with E-state index in [1.54, 1.807) is 19.0 Å². The molecule has 0 unspecified atom stereocenters. The number of amides is 1. The number of carbonyl (C=O) groups is 1. The van der Waals surface area contributed by atoms with Crippen molar-refractivity contribution < 1.29 is 4.79 Å². The van der Waals surface area contributed by atoms with Crippen molar-refractivity contribution in [2.45, 2.75) is 6.92 Å². The predicted molar refractivity (Wildman–Crippen MR) is 66.1 cm³/mol. The Kier molecular flexibility index (Phi) is 4.15. The summed E-state index contributed by atoms with van der Waals surface area (Å²) in [4.78, 5) is 12.9. The molecule has 15 heavy (non-hydrogen) atoms. The van der Waals surface area contributed by atoms with Gasteiger partial charge in [-0.1, -0.05) is 6.07 Å². The molecule has 0 spiro atoms. The van der Waals surface area contributed by atoms with Crippen molar-refractivity contribution in [2.75, 3.05) is 26.0 Å². The molecule has 0 aromatic heterocycles. The first-order valence-electron chi connectivity index (χ1n) is 4.71. The summed E-state index contributed by atoms with van der Waals surface area (Å²) in [6.45, 7) is 2.34. The van der Waals surface area contributed by atoms with Gasteiger partial charge in [-0.2, -0.15) is 0 Å².